The summed E-state index contributed by atoms with van der Waals surface area (Å²) in [4.78, 5) is 22.2. The zero-order valence-electron chi connectivity index (χ0n) is 23.4. The number of pyridine rings is 1. The number of hydrogen-bond acceptors (Lipinski definition) is 6. The van der Waals surface area contributed by atoms with Crippen molar-refractivity contribution in [2.45, 2.75) is 17.4 Å². The fraction of sp³-hybridized carbons (Fsp3) is 0.250. The van der Waals surface area contributed by atoms with Crippen LogP contribution in [0, 0.1) is 0 Å². The highest BCUT2D eigenvalue weighted by atomic mass is 35.5. The van der Waals surface area contributed by atoms with Gasteiger partial charge in [-0.2, -0.15) is 0 Å². The summed E-state index contributed by atoms with van der Waals surface area (Å²) in [5, 5.41) is 3.45. The second-order valence-corrected chi connectivity index (χ2v) is 13.2. The number of sulfonamides is 1. The van der Waals surface area contributed by atoms with Crippen molar-refractivity contribution in [1.29, 1.82) is 0 Å². The number of amides is 1. The molecule has 6 rings (SSSR count). The molecule has 1 N–H and O–H groups in total. The van der Waals surface area contributed by atoms with E-state index in [2.05, 4.69) is 20.1 Å². The largest absolute Gasteiger partial charge is 0.369 e. The van der Waals surface area contributed by atoms with Gasteiger partial charge in [0.2, 0.25) is 5.91 Å². The van der Waals surface area contributed by atoms with Crippen molar-refractivity contribution >= 4 is 50.5 Å². The summed E-state index contributed by atoms with van der Waals surface area (Å²) >= 11 is 12.3. The van der Waals surface area contributed by atoms with Gasteiger partial charge in [0.15, 0.2) is 0 Å². The zero-order valence-corrected chi connectivity index (χ0v) is 25.7. The van der Waals surface area contributed by atoms with Crippen LogP contribution in [-0.2, 0) is 14.8 Å². The van der Waals surface area contributed by atoms with Gasteiger partial charge in [0.05, 0.1) is 33.1 Å². The molecule has 1 saturated heterocycles. The lowest BCUT2D eigenvalue weighted by molar-refractivity contribution is -0.121. The highest BCUT2D eigenvalue weighted by molar-refractivity contribution is 7.92. The van der Waals surface area contributed by atoms with E-state index >= 15 is 0 Å². The van der Waals surface area contributed by atoms with Crippen LogP contribution in [0.25, 0.3) is 11.1 Å². The summed E-state index contributed by atoms with van der Waals surface area (Å²) < 4.78 is 29.8. The van der Waals surface area contributed by atoms with E-state index in [4.69, 9.17) is 23.2 Å². The van der Waals surface area contributed by atoms with Gasteiger partial charge in [-0.25, -0.2) is 8.42 Å². The molecule has 1 atom stereocenters. The monoisotopic (exact) mass is 635 g/mol. The number of para-hydroxylation sites is 1. The van der Waals surface area contributed by atoms with Crippen LogP contribution < -0.4 is 14.5 Å². The molecule has 1 aromatic heterocycles. The van der Waals surface area contributed by atoms with Crippen molar-refractivity contribution in [3.05, 3.63) is 107 Å². The van der Waals surface area contributed by atoms with E-state index in [0.29, 0.717) is 18.8 Å². The molecule has 3 aromatic carbocycles. The summed E-state index contributed by atoms with van der Waals surface area (Å²) in [5.74, 6) is -0.219. The summed E-state index contributed by atoms with van der Waals surface area (Å²) in [6.07, 6.45) is 3.57. The Labute approximate surface area is 261 Å². The fourth-order valence-corrected chi connectivity index (χ4v) is 7.89. The highest BCUT2D eigenvalue weighted by Crippen LogP contribution is 2.48. The van der Waals surface area contributed by atoms with E-state index in [1.807, 2.05) is 48.5 Å². The average molecular weight is 637 g/mol. The second kappa shape index (κ2) is 12.5. The van der Waals surface area contributed by atoms with Crippen LogP contribution in [0.5, 0.6) is 0 Å². The van der Waals surface area contributed by atoms with Crippen molar-refractivity contribution in [3.8, 4) is 11.1 Å². The Bertz CT molecular complexity index is 1730. The molecule has 3 heterocycles. The molecule has 1 unspecified atom stereocenters. The molecular weight excluding hydrogens is 605 g/mol. The fourth-order valence-electron chi connectivity index (χ4n) is 5.85. The van der Waals surface area contributed by atoms with Crippen molar-refractivity contribution in [2.75, 3.05) is 48.5 Å². The Hall–Kier alpha value is -3.63. The van der Waals surface area contributed by atoms with Crippen LogP contribution >= 0.6 is 23.2 Å². The van der Waals surface area contributed by atoms with Crippen LogP contribution in [0.2, 0.25) is 10.0 Å². The van der Waals surface area contributed by atoms with Gasteiger partial charge in [-0.1, -0.05) is 65.7 Å². The summed E-state index contributed by atoms with van der Waals surface area (Å²) in [6.45, 7) is 4.76. The Kier molecular flexibility index (Phi) is 8.59. The van der Waals surface area contributed by atoms with Crippen LogP contribution in [-0.4, -0.2) is 63.5 Å². The minimum Gasteiger partial charge on any atom is -0.369 e. The number of aromatic nitrogens is 1. The molecule has 0 aliphatic carbocycles. The van der Waals surface area contributed by atoms with Crippen LogP contribution in [0.15, 0.2) is 96.2 Å². The number of halogens is 2. The lowest BCUT2D eigenvalue weighted by Gasteiger charge is -2.39. The van der Waals surface area contributed by atoms with Gasteiger partial charge >= 0.3 is 0 Å². The predicted molar refractivity (Wildman–Crippen MR) is 171 cm³/mol. The van der Waals surface area contributed by atoms with Crippen LogP contribution in [0.1, 0.15) is 18.0 Å². The summed E-state index contributed by atoms with van der Waals surface area (Å²) in [5.41, 5.74) is 4.13. The average Bonchev–Trinajstić information content (AvgIpc) is 3.03. The van der Waals surface area contributed by atoms with E-state index in [0.717, 1.165) is 48.6 Å². The summed E-state index contributed by atoms with van der Waals surface area (Å²) in [6, 6.07) is 22.5. The first-order valence-electron chi connectivity index (χ1n) is 14.1. The van der Waals surface area contributed by atoms with Gasteiger partial charge in [0.1, 0.15) is 0 Å². The van der Waals surface area contributed by atoms with E-state index in [-0.39, 0.29) is 27.3 Å². The molecular formula is C32H31Cl2N5O3S. The Morgan fingerprint density at radius 1 is 0.860 bits per heavy atom. The molecule has 0 radical (unpaired) electrons. The molecule has 0 saturated carbocycles. The first-order chi connectivity index (χ1) is 20.8. The third-order valence-electron chi connectivity index (χ3n) is 8.01. The topological polar surface area (TPSA) is 85.8 Å². The maximum atomic E-state index is 14.2. The molecule has 1 amide bonds. The number of carbonyl (C=O) groups excluding carboxylic acids is 1. The van der Waals surface area contributed by atoms with Crippen molar-refractivity contribution in [2.24, 2.45) is 0 Å². The molecule has 0 bridgehead atoms. The zero-order chi connectivity index (χ0) is 30.0. The second-order valence-electron chi connectivity index (χ2n) is 10.6. The molecule has 2 aliphatic heterocycles. The highest BCUT2D eigenvalue weighted by Gasteiger charge is 2.40. The number of carbonyl (C=O) groups is 1. The molecule has 2 aliphatic rings. The Morgan fingerprint density at radius 2 is 1.56 bits per heavy atom. The third kappa shape index (κ3) is 6.08. The van der Waals surface area contributed by atoms with Gasteiger partial charge in [-0.05, 0) is 47.5 Å². The SMILES string of the molecule is O=C(CC1c2ccccc2-c2ccccc2N1S(=O)(=O)c1ccc(Cl)c(Cl)c1)NCCN1CCN(c2ccncc2)CC1. The van der Waals surface area contributed by atoms with Crippen molar-refractivity contribution < 1.29 is 13.2 Å². The van der Waals surface area contributed by atoms with Crippen molar-refractivity contribution in [1.82, 2.24) is 15.2 Å². The number of anilines is 2. The standard InChI is InChI=1S/C32H31Cl2N5O3S/c33-28-10-9-24(21-29(28)34)43(41,42)39-30-8-4-3-6-26(30)25-5-1-2-7-27(25)31(39)22-32(40)36-15-16-37-17-19-38(20-18-37)23-11-13-35-14-12-23/h1-14,21,31H,15-20,22H2,(H,36,40). The number of rotatable bonds is 8. The van der Waals surface area contributed by atoms with Gasteiger partial charge in [0, 0.05) is 62.9 Å². The lowest BCUT2D eigenvalue weighted by atomic mass is 9.88. The normalized spacial score (nSPS) is 16.8. The molecule has 1 fully saturated rings. The molecule has 0 spiro atoms. The number of hydrogen-bond donors (Lipinski definition) is 1. The Balaban J connectivity index is 1.19. The minimum atomic E-state index is -4.12. The molecule has 8 nitrogen and oxygen atoms in total. The number of benzene rings is 3. The quantitative estimate of drug-likeness (QED) is 0.270. The Morgan fingerprint density at radius 3 is 2.30 bits per heavy atom. The minimum absolute atomic E-state index is 0.00685. The van der Waals surface area contributed by atoms with E-state index < -0.39 is 16.1 Å². The lowest BCUT2D eigenvalue weighted by Crippen LogP contribution is -2.48. The first kappa shape index (κ1) is 29.4. The van der Waals surface area contributed by atoms with Gasteiger partial charge in [0.25, 0.3) is 10.0 Å². The van der Waals surface area contributed by atoms with E-state index in [1.54, 1.807) is 24.5 Å². The van der Waals surface area contributed by atoms with Crippen LogP contribution in [0.3, 0.4) is 0 Å². The molecule has 11 heteroatoms. The first-order valence-corrected chi connectivity index (χ1v) is 16.3. The maximum Gasteiger partial charge on any atom is 0.264 e. The smallest absolute Gasteiger partial charge is 0.264 e. The number of fused-ring (bicyclic) bond motifs is 3. The third-order valence-corrected chi connectivity index (χ3v) is 10.6. The molecule has 43 heavy (non-hydrogen) atoms. The number of nitrogens with one attached hydrogen (secondary N) is 1. The molecule has 222 valence electrons. The number of nitrogens with zero attached hydrogens (tertiary/aromatic N) is 4. The predicted octanol–water partition coefficient (Wildman–Crippen LogP) is 5.63. The van der Waals surface area contributed by atoms with Gasteiger partial charge < -0.3 is 10.2 Å². The van der Waals surface area contributed by atoms with Gasteiger partial charge in [-0.15, -0.1) is 0 Å². The summed E-state index contributed by atoms with van der Waals surface area (Å²) in [7, 11) is -4.12. The van der Waals surface area contributed by atoms with Gasteiger partial charge in [-0.3, -0.25) is 19.0 Å². The van der Waals surface area contributed by atoms with E-state index in [1.165, 1.54) is 22.5 Å². The van der Waals surface area contributed by atoms with E-state index in [9.17, 15) is 13.2 Å². The molecule has 4 aromatic rings. The van der Waals surface area contributed by atoms with Crippen molar-refractivity contribution in [3.63, 3.8) is 0 Å². The van der Waals surface area contributed by atoms with Crippen LogP contribution in [0.4, 0.5) is 11.4 Å². The number of piperazine rings is 1. The maximum absolute atomic E-state index is 14.2.